The number of anilines is 2. The highest BCUT2D eigenvalue weighted by Crippen LogP contribution is 2.22. The number of benzene rings is 3. The first-order valence-corrected chi connectivity index (χ1v) is 9.88. The van der Waals surface area contributed by atoms with Crippen LogP contribution in [-0.4, -0.2) is 24.4 Å². The van der Waals surface area contributed by atoms with E-state index in [2.05, 4.69) is 10.6 Å². The molecular weight excluding hydrogens is 404 g/mol. The summed E-state index contributed by atoms with van der Waals surface area (Å²) in [6.45, 7) is -0.378. The minimum Gasteiger partial charge on any atom is -0.456 e. The number of rotatable bonds is 8. The largest absolute Gasteiger partial charge is 0.456 e. The predicted molar refractivity (Wildman–Crippen MR) is 117 cm³/mol. The van der Waals surface area contributed by atoms with Gasteiger partial charge in [-0.05, 0) is 36.1 Å². The highest BCUT2D eigenvalue weighted by molar-refractivity contribution is 6.30. The van der Waals surface area contributed by atoms with Gasteiger partial charge in [-0.1, -0.05) is 54.1 Å². The van der Waals surface area contributed by atoms with Crippen LogP contribution in [0.1, 0.15) is 19.3 Å². The third-order valence-electron chi connectivity index (χ3n) is 4.32. The number of carbonyl (C=O) groups is 3. The minimum atomic E-state index is -0.529. The van der Waals surface area contributed by atoms with Gasteiger partial charge in [0, 0.05) is 34.6 Å². The van der Waals surface area contributed by atoms with Crippen LogP contribution in [0.3, 0.4) is 0 Å². The molecule has 0 saturated carbocycles. The molecule has 3 aromatic carbocycles. The lowest BCUT2D eigenvalue weighted by molar-refractivity contribution is -0.147. The number of fused-ring (bicyclic) bond motifs is 1. The summed E-state index contributed by atoms with van der Waals surface area (Å²) in [4.78, 5) is 35.9. The molecule has 3 aromatic rings. The van der Waals surface area contributed by atoms with Crippen LogP contribution in [0.15, 0.2) is 66.7 Å². The molecule has 0 fully saturated rings. The summed E-state index contributed by atoms with van der Waals surface area (Å²) in [6.07, 6.45) is 0.518. The summed E-state index contributed by atoms with van der Waals surface area (Å²) in [5, 5.41) is 7.90. The van der Waals surface area contributed by atoms with Crippen LogP contribution < -0.4 is 10.6 Å². The van der Waals surface area contributed by atoms with E-state index >= 15 is 0 Å². The summed E-state index contributed by atoms with van der Waals surface area (Å²) >= 11 is 5.87. The van der Waals surface area contributed by atoms with Gasteiger partial charge in [-0.2, -0.15) is 0 Å². The topological polar surface area (TPSA) is 84.5 Å². The second-order valence-corrected chi connectivity index (χ2v) is 7.08. The maximum absolute atomic E-state index is 12.1. The Bertz CT molecular complexity index is 1060. The molecule has 0 spiro atoms. The van der Waals surface area contributed by atoms with Gasteiger partial charge in [-0.25, -0.2) is 0 Å². The Morgan fingerprint density at radius 3 is 2.43 bits per heavy atom. The van der Waals surface area contributed by atoms with Crippen molar-refractivity contribution < 1.29 is 19.1 Å². The van der Waals surface area contributed by atoms with Crippen LogP contribution in [0.5, 0.6) is 0 Å². The lowest BCUT2D eigenvalue weighted by Crippen LogP contribution is -2.21. The number of carbonyl (C=O) groups excluding carboxylic acids is 3. The van der Waals surface area contributed by atoms with Crippen LogP contribution in [0.2, 0.25) is 5.02 Å². The van der Waals surface area contributed by atoms with E-state index < -0.39 is 11.9 Å². The van der Waals surface area contributed by atoms with Crippen molar-refractivity contribution in [3.05, 3.63) is 71.8 Å². The van der Waals surface area contributed by atoms with Crippen molar-refractivity contribution in [2.75, 3.05) is 17.2 Å². The molecule has 7 heteroatoms. The molecule has 0 heterocycles. The van der Waals surface area contributed by atoms with Gasteiger partial charge in [-0.15, -0.1) is 0 Å². The standard InChI is InChI=1S/C23H21ClN2O4/c24-17-8-4-9-18(14-17)25-21(27)12-5-13-23(29)30-15-22(28)26-20-11-3-7-16-6-1-2-10-19(16)20/h1-4,6-11,14H,5,12-13,15H2,(H,25,27)(H,26,28). The molecule has 0 unspecified atom stereocenters. The van der Waals surface area contributed by atoms with E-state index in [1.807, 2.05) is 36.4 Å². The van der Waals surface area contributed by atoms with E-state index in [-0.39, 0.29) is 25.4 Å². The van der Waals surface area contributed by atoms with Gasteiger partial charge in [0.2, 0.25) is 5.91 Å². The zero-order valence-corrected chi connectivity index (χ0v) is 16.9. The average molecular weight is 425 g/mol. The molecule has 0 saturated heterocycles. The molecule has 0 bridgehead atoms. The molecule has 154 valence electrons. The Labute approximate surface area is 179 Å². The first kappa shape index (κ1) is 21.3. The smallest absolute Gasteiger partial charge is 0.306 e. The van der Waals surface area contributed by atoms with Crippen molar-refractivity contribution in [3.8, 4) is 0 Å². The number of hydrogen-bond donors (Lipinski definition) is 2. The Balaban J connectivity index is 1.38. The Kier molecular flexibility index (Phi) is 7.40. The van der Waals surface area contributed by atoms with Crippen molar-refractivity contribution in [2.24, 2.45) is 0 Å². The van der Waals surface area contributed by atoms with Crippen LogP contribution >= 0.6 is 11.6 Å². The minimum absolute atomic E-state index is 0.0461. The van der Waals surface area contributed by atoms with Gasteiger partial charge in [0.15, 0.2) is 6.61 Å². The Morgan fingerprint density at radius 2 is 1.60 bits per heavy atom. The lowest BCUT2D eigenvalue weighted by atomic mass is 10.1. The summed E-state index contributed by atoms with van der Waals surface area (Å²) in [5.41, 5.74) is 1.26. The normalized spacial score (nSPS) is 10.4. The van der Waals surface area contributed by atoms with E-state index in [9.17, 15) is 14.4 Å². The van der Waals surface area contributed by atoms with Gasteiger partial charge in [-0.3, -0.25) is 14.4 Å². The zero-order valence-electron chi connectivity index (χ0n) is 16.2. The van der Waals surface area contributed by atoms with E-state index in [1.165, 1.54) is 0 Å². The maximum Gasteiger partial charge on any atom is 0.306 e. The molecule has 0 radical (unpaired) electrons. The number of nitrogens with one attached hydrogen (secondary N) is 2. The number of esters is 1. The molecule has 30 heavy (non-hydrogen) atoms. The van der Waals surface area contributed by atoms with Gasteiger partial charge in [0.25, 0.3) is 5.91 Å². The molecule has 0 aliphatic heterocycles. The Hall–Kier alpha value is -3.38. The Morgan fingerprint density at radius 1 is 0.833 bits per heavy atom. The summed E-state index contributed by atoms with van der Waals surface area (Å²) in [6, 6.07) is 20.1. The van der Waals surface area contributed by atoms with Crippen LogP contribution in [0, 0.1) is 0 Å². The molecule has 2 amide bonds. The molecule has 3 rings (SSSR count). The SMILES string of the molecule is O=C(CCCC(=O)OCC(=O)Nc1cccc2ccccc12)Nc1cccc(Cl)c1. The van der Waals surface area contributed by atoms with Crippen molar-refractivity contribution in [2.45, 2.75) is 19.3 Å². The molecule has 0 aromatic heterocycles. The fourth-order valence-electron chi connectivity index (χ4n) is 2.92. The average Bonchev–Trinajstić information content (AvgIpc) is 2.72. The summed E-state index contributed by atoms with van der Waals surface area (Å²) < 4.78 is 5.00. The van der Waals surface area contributed by atoms with Crippen molar-refractivity contribution in [1.82, 2.24) is 0 Å². The highest BCUT2D eigenvalue weighted by atomic mass is 35.5. The number of hydrogen-bond acceptors (Lipinski definition) is 4. The quantitative estimate of drug-likeness (QED) is 0.509. The van der Waals surface area contributed by atoms with Crippen molar-refractivity contribution in [1.29, 1.82) is 0 Å². The van der Waals surface area contributed by atoms with Crippen LogP contribution in [0.25, 0.3) is 10.8 Å². The summed E-state index contributed by atoms with van der Waals surface area (Å²) in [5.74, 6) is -1.17. The van der Waals surface area contributed by atoms with E-state index in [1.54, 1.807) is 30.3 Å². The van der Waals surface area contributed by atoms with E-state index in [0.717, 1.165) is 10.8 Å². The van der Waals surface area contributed by atoms with Crippen LogP contribution in [-0.2, 0) is 19.1 Å². The number of ether oxygens (including phenoxy) is 1. The fraction of sp³-hybridized carbons (Fsp3) is 0.174. The van der Waals surface area contributed by atoms with Gasteiger partial charge < -0.3 is 15.4 Å². The molecule has 2 N–H and O–H groups in total. The monoisotopic (exact) mass is 424 g/mol. The van der Waals surface area contributed by atoms with Gasteiger partial charge >= 0.3 is 5.97 Å². The predicted octanol–water partition coefficient (Wildman–Crippen LogP) is 4.78. The number of amides is 2. The van der Waals surface area contributed by atoms with Crippen molar-refractivity contribution >= 4 is 51.5 Å². The third kappa shape index (κ3) is 6.32. The maximum atomic E-state index is 12.1. The second kappa shape index (κ2) is 10.4. The molecular formula is C23H21ClN2O4. The molecule has 0 aliphatic carbocycles. The zero-order chi connectivity index (χ0) is 21.3. The van der Waals surface area contributed by atoms with Gasteiger partial charge in [0.05, 0.1) is 0 Å². The molecule has 6 nitrogen and oxygen atoms in total. The summed E-state index contributed by atoms with van der Waals surface area (Å²) in [7, 11) is 0. The van der Waals surface area contributed by atoms with Crippen LogP contribution in [0.4, 0.5) is 11.4 Å². The third-order valence-corrected chi connectivity index (χ3v) is 4.56. The van der Waals surface area contributed by atoms with E-state index in [0.29, 0.717) is 22.8 Å². The van der Waals surface area contributed by atoms with E-state index in [4.69, 9.17) is 16.3 Å². The molecule has 0 atom stereocenters. The highest BCUT2D eigenvalue weighted by Gasteiger charge is 2.11. The number of halogens is 1. The molecule has 0 aliphatic rings. The lowest BCUT2D eigenvalue weighted by Gasteiger charge is -2.09. The van der Waals surface area contributed by atoms with Crippen molar-refractivity contribution in [3.63, 3.8) is 0 Å². The fourth-order valence-corrected chi connectivity index (χ4v) is 3.11. The second-order valence-electron chi connectivity index (χ2n) is 6.65. The first-order chi connectivity index (χ1) is 14.5. The first-order valence-electron chi connectivity index (χ1n) is 9.50. The van der Waals surface area contributed by atoms with Gasteiger partial charge in [0.1, 0.15) is 0 Å².